The predicted octanol–water partition coefficient (Wildman–Crippen LogP) is 3.37. The summed E-state index contributed by atoms with van der Waals surface area (Å²) in [6.45, 7) is 2.78. The third-order valence-electron chi connectivity index (χ3n) is 4.05. The number of hydrogen-bond acceptors (Lipinski definition) is 5. The molecular formula is C21H20ClNO5. The quantitative estimate of drug-likeness (QED) is 0.593. The molecule has 1 heterocycles. The van der Waals surface area contributed by atoms with E-state index in [0.717, 1.165) is 11.1 Å². The van der Waals surface area contributed by atoms with E-state index in [9.17, 15) is 9.59 Å². The lowest BCUT2D eigenvalue weighted by atomic mass is 10.2. The van der Waals surface area contributed by atoms with Crippen molar-refractivity contribution in [3.63, 3.8) is 0 Å². The molecule has 28 heavy (non-hydrogen) atoms. The standard InChI is InChI=1S/C21H20ClNO5/c1-14(21(25)23-13-16-4-2-3-5-17(16)22)28-20(24)9-7-15-6-8-18-19(12-15)27-11-10-26-18/h2-9,12,14H,10-11,13H2,1H3,(H,23,25)/b9-7+/t14-/m0/s1. The lowest BCUT2D eigenvalue weighted by Gasteiger charge is -2.18. The van der Waals surface area contributed by atoms with Crippen LogP contribution in [0.4, 0.5) is 0 Å². The Morgan fingerprint density at radius 2 is 1.93 bits per heavy atom. The fourth-order valence-corrected chi connectivity index (χ4v) is 2.77. The first-order valence-electron chi connectivity index (χ1n) is 8.82. The Morgan fingerprint density at radius 3 is 2.71 bits per heavy atom. The van der Waals surface area contributed by atoms with E-state index in [2.05, 4.69) is 5.32 Å². The average molecular weight is 402 g/mol. The van der Waals surface area contributed by atoms with E-state index in [-0.39, 0.29) is 6.54 Å². The number of ether oxygens (including phenoxy) is 3. The van der Waals surface area contributed by atoms with Crippen molar-refractivity contribution in [2.24, 2.45) is 0 Å². The second-order valence-electron chi connectivity index (χ2n) is 6.12. The van der Waals surface area contributed by atoms with Gasteiger partial charge in [-0.05, 0) is 42.3 Å². The minimum Gasteiger partial charge on any atom is -0.486 e. The number of carbonyl (C=O) groups is 2. The molecule has 1 aliphatic rings. The summed E-state index contributed by atoms with van der Waals surface area (Å²) in [5.41, 5.74) is 1.55. The normalized spacial score (nSPS) is 13.8. The molecule has 7 heteroatoms. The number of rotatable bonds is 6. The highest BCUT2D eigenvalue weighted by atomic mass is 35.5. The Bertz CT molecular complexity index is 896. The Kier molecular flexibility index (Phi) is 6.55. The van der Waals surface area contributed by atoms with Crippen LogP contribution in [0, 0.1) is 0 Å². The summed E-state index contributed by atoms with van der Waals surface area (Å²) in [5, 5.41) is 3.26. The second-order valence-corrected chi connectivity index (χ2v) is 6.53. The van der Waals surface area contributed by atoms with Crippen LogP contribution in [0.3, 0.4) is 0 Å². The van der Waals surface area contributed by atoms with E-state index in [1.54, 1.807) is 30.3 Å². The van der Waals surface area contributed by atoms with Gasteiger partial charge in [0.05, 0.1) is 0 Å². The van der Waals surface area contributed by atoms with Crippen LogP contribution >= 0.6 is 11.6 Å². The number of esters is 1. The van der Waals surface area contributed by atoms with Crippen molar-refractivity contribution in [2.45, 2.75) is 19.6 Å². The number of halogens is 1. The maximum atomic E-state index is 12.1. The molecule has 0 saturated carbocycles. The number of nitrogens with one attached hydrogen (secondary N) is 1. The molecule has 1 aliphatic heterocycles. The molecule has 0 saturated heterocycles. The zero-order chi connectivity index (χ0) is 19.9. The minimum absolute atomic E-state index is 0.257. The van der Waals surface area contributed by atoms with Gasteiger partial charge >= 0.3 is 5.97 Å². The van der Waals surface area contributed by atoms with Gasteiger partial charge in [0.15, 0.2) is 17.6 Å². The van der Waals surface area contributed by atoms with Crippen molar-refractivity contribution in [2.75, 3.05) is 13.2 Å². The number of amides is 1. The molecule has 0 bridgehead atoms. The largest absolute Gasteiger partial charge is 0.486 e. The Morgan fingerprint density at radius 1 is 1.18 bits per heavy atom. The van der Waals surface area contributed by atoms with E-state index >= 15 is 0 Å². The van der Waals surface area contributed by atoms with Crippen LogP contribution in [-0.2, 0) is 20.9 Å². The molecule has 0 unspecified atom stereocenters. The first-order chi connectivity index (χ1) is 13.5. The SMILES string of the molecule is C[C@H](OC(=O)/C=C/c1ccc2c(c1)OCCO2)C(=O)NCc1ccccc1Cl. The van der Waals surface area contributed by atoms with Crippen molar-refractivity contribution in [3.05, 3.63) is 64.7 Å². The molecule has 1 N–H and O–H groups in total. The smallest absolute Gasteiger partial charge is 0.331 e. The van der Waals surface area contributed by atoms with Gasteiger partial charge < -0.3 is 19.5 Å². The number of hydrogen-bond donors (Lipinski definition) is 1. The van der Waals surface area contributed by atoms with Gasteiger partial charge in [-0.1, -0.05) is 35.9 Å². The zero-order valence-electron chi connectivity index (χ0n) is 15.3. The van der Waals surface area contributed by atoms with Crippen LogP contribution in [-0.4, -0.2) is 31.2 Å². The molecule has 0 radical (unpaired) electrons. The topological polar surface area (TPSA) is 73.9 Å². The predicted molar refractivity (Wildman–Crippen MR) is 105 cm³/mol. The zero-order valence-corrected chi connectivity index (χ0v) is 16.1. The summed E-state index contributed by atoms with van der Waals surface area (Å²) >= 11 is 6.05. The van der Waals surface area contributed by atoms with Crippen LogP contribution in [0.1, 0.15) is 18.1 Å². The number of carbonyl (C=O) groups excluding carboxylic acids is 2. The number of benzene rings is 2. The van der Waals surface area contributed by atoms with Crippen LogP contribution in [0.25, 0.3) is 6.08 Å². The molecule has 0 fully saturated rings. The van der Waals surface area contributed by atoms with E-state index in [4.69, 9.17) is 25.8 Å². The maximum absolute atomic E-state index is 12.1. The Balaban J connectivity index is 1.50. The van der Waals surface area contributed by atoms with Gasteiger partial charge in [-0.25, -0.2) is 4.79 Å². The molecule has 146 valence electrons. The lowest BCUT2D eigenvalue weighted by molar-refractivity contribution is -0.150. The van der Waals surface area contributed by atoms with E-state index in [0.29, 0.717) is 29.7 Å². The first-order valence-corrected chi connectivity index (χ1v) is 9.20. The summed E-state index contributed by atoms with van der Waals surface area (Å²) in [4.78, 5) is 24.1. The van der Waals surface area contributed by atoms with Gasteiger partial charge in [-0.2, -0.15) is 0 Å². The Labute approximate surface area is 168 Å². The summed E-state index contributed by atoms with van der Waals surface area (Å²) in [5.74, 6) is 0.292. The molecular weight excluding hydrogens is 382 g/mol. The van der Waals surface area contributed by atoms with Gasteiger partial charge in [-0.3, -0.25) is 4.79 Å². The molecule has 2 aromatic rings. The third-order valence-corrected chi connectivity index (χ3v) is 4.42. The molecule has 0 aliphatic carbocycles. The summed E-state index contributed by atoms with van der Waals surface area (Å²) in [7, 11) is 0. The molecule has 1 atom stereocenters. The Hall–Kier alpha value is -2.99. The second kappa shape index (κ2) is 9.28. The van der Waals surface area contributed by atoms with Crippen molar-refractivity contribution in [1.82, 2.24) is 5.32 Å². The minimum atomic E-state index is -0.931. The highest BCUT2D eigenvalue weighted by molar-refractivity contribution is 6.31. The molecule has 0 spiro atoms. The maximum Gasteiger partial charge on any atom is 0.331 e. The van der Waals surface area contributed by atoms with E-state index in [1.807, 2.05) is 18.2 Å². The molecule has 0 aromatic heterocycles. The van der Waals surface area contributed by atoms with E-state index in [1.165, 1.54) is 13.0 Å². The number of fused-ring (bicyclic) bond motifs is 1. The van der Waals surface area contributed by atoms with E-state index < -0.39 is 18.0 Å². The van der Waals surface area contributed by atoms with Crippen molar-refractivity contribution < 1.29 is 23.8 Å². The summed E-state index contributed by atoms with van der Waals surface area (Å²) in [6, 6.07) is 12.6. The molecule has 3 rings (SSSR count). The van der Waals surface area contributed by atoms with Crippen molar-refractivity contribution >= 4 is 29.6 Å². The fraction of sp³-hybridized carbons (Fsp3) is 0.238. The third kappa shape index (κ3) is 5.27. The monoisotopic (exact) mass is 401 g/mol. The lowest BCUT2D eigenvalue weighted by Crippen LogP contribution is -2.35. The van der Waals surface area contributed by atoms with Crippen LogP contribution in [0.5, 0.6) is 11.5 Å². The van der Waals surface area contributed by atoms with Crippen LogP contribution in [0.15, 0.2) is 48.5 Å². The summed E-state index contributed by atoms with van der Waals surface area (Å²) in [6.07, 6.45) is 1.93. The molecule has 1 amide bonds. The fourth-order valence-electron chi connectivity index (χ4n) is 2.56. The van der Waals surface area contributed by atoms with Gasteiger partial charge in [0.2, 0.25) is 0 Å². The average Bonchev–Trinajstić information content (AvgIpc) is 2.71. The highest BCUT2D eigenvalue weighted by Crippen LogP contribution is 2.31. The van der Waals surface area contributed by atoms with Gasteiger partial charge in [0.25, 0.3) is 5.91 Å². The highest BCUT2D eigenvalue weighted by Gasteiger charge is 2.16. The van der Waals surface area contributed by atoms with Gasteiger partial charge in [0, 0.05) is 17.6 Å². The van der Waals surface area contributed by atoms with Gasteiger partial charge in [0.1, 0.15) is 13.2 Å². The molecule has 6 nitrogen and oxygen atoms in total. The first kappa shape index (κ1) is 19.8. The van der Waals surface area contributed by atoms with Gasteiger partial charge in [-0.15, -0.1) is 0 Å². The van der Waals surface area contributed by atoms with Crippen LogP contribution in [0.2, 0.25) is 5.02 Å². The van der Waals surface area contributed by atoms with Crippen molar-refractivity contribution in [3.8, 4) is 11.5 Å². The van der Waals surface area contributed by atoms with Crippen LogP contribution < -0.4 is 14.8 Å². The van der Waals surface area contributed by atoms with Crippen molar-refractivity contribution in [1.29, 1.82) is 0 Å². The molecule has 2 aromatic carbocycles. The summed E-state index contributed by atoms with van der Waals surface area (Å²) < 4.78 is 16.1.